The van der Waals surface area contributed by atoms with Gasteiger partial charge in [-0.05, 0) is 30.7 Å². The Hall–Kier alpha value is -1.18. The van der Waals surface area contributed by atoms with E-state index >= 15 is 0 Å². The summed E-state index contributed by atoms with van der Waals surface area (Å²) in [5.74, 6) is -0.242. The highest BCUT2D eigenvalue weighted by atomic mass is 19.1. The number of Topliss-reactive ketones (excluding diaryl/α,β-unsaturated/α-hetero) is 1. The minimum Gasteiger partial charge on any atom is -0.294 e. The molecule has 0 N–H and O–H groups in total. The van der Waals surface area contributed by atoms with Crippen LogP contribution >= 0.6 is 0 Å². The number of carbonyl (C=O) groups is 1. The van der Waals surface area contributed by atoms with Crippen LogP contribution in [0.3, 0.4) is 0 Å². The van der Waals surface area contributed by atoms with Gasteiger partial charge in [-0.2, -0.15) is 0 Å². The van der Waals surface area contributed by atoms with Gasteiger partial charge in [0.1, 0.15) is 5.82 Å². The zero-order chi connectivity index (χ0) is 10.0. The van der Waals surface area contributed by atoms with Gasteiger partial charge in [-0.25, -0.2) is 4.39 Å². The number of ketones is 1. The highest BCUT2D eigenvalue weighted by molar-refractivity contribution is 5.97. The van der Waals surface area contributed by atoms with E-state index in [-0.39, 0.29) is 17.5 Å². The molecule has 0 unspecified atom stereocenters. The molecule has 70 valence electrons. The van der Waals surface area contributed by atoms with Crippen molar-refractivity contribution in [2.75, 3.05) is 0 Å². The average Bonchev–Trinajstić information content (AvgIpc) is 2.08. The lowest BCUT2D eigenvalue weighted by molar-refractivity contribution is 0.0939. The molecular weight excluding hydrogens is 167 g/mol. The Morgan fingerprint density at radius 2 is 2.00 bits per heavy atom. The van der Waals surface area contributed by atoms with Crippen LogP contribution in [0.1, 0.15) is 29.8 Å². The van der Waals surface area contributed by atoms with E-state index in [1.165, 1.54) is 12.1 Å². The van der Waals surface area contributed by atoms with E-state index in [4.69, 9.17) is 0 Å². The van der Waals surface area contributed by atoms with Crippen molar-refractivity contribution in [1.29, 1.82) is 0 Å². The van der Waals surface area contributed by atoms with Crippen LogP contribution in [0.2, 0.25) is 0 Å². The molecular formula is C11H13FO. The lowest BCUT2D eigenvalue weighted by Gasteiger charge is -2.05. The quantitative estimate of drug-likeness (QED) is 0.639. The lowest BCUT2D eigenvalue weighted by atomic mass is 10.00. The molecule has 0 aliphatic heterocycles. The van der Waals surface area contributed by atoms with Crippen molar-refractivity contribution in [2.45, 2.75) is 20.8 Å². The number of benzene rings is 1. The fourth-order valence-corrected chi connectivity index (χ4v) is 1.13. The standard InChI is InChI=1S/C11H13FO/c1-7(2)11(13)9-4-5-10(12)8(3)6-9/h4-7H,1-3H3. The highest BCUT2D eigenvalue weighted by Gasteiger charge is 2.10. The van der Waals surface area contributed by atoms with Gasteiger partial charge in [-0.1, -0.05) is 13.8 Å². The summed E-state index contributed by atoms with van der Waals surface area (Å²) in [5, 5.41) is 0. The van der Waals surface area contributed by atoms with Gasteiger partial charge in [0.2, 0.25) is 0 Å². The smallest absolute Gasteiger partial charge is 0.165 e. The summed E-state index contributed by atoms with van der Waals surface area (Å²) in [4.78, 5) is 11.5. The maximum Gasteiger partial charge on any atom is 0.165 e. The molecule has 0 spiro atoms. The van der Waals surface area contributed by atoms with Gasteiger partial charge in [-0.3, -0.25) is 4.79 Å². The molecule has 0 fully saturated rings. The summed E-state index contributed by atoms with van der Waals surface area (Å²) in [6, 6.07) is 4.47. The third kappa shape index (κ3) is 2.14. The maximum atomic E-state index is 12.9. The molecule has 0 saturated heterocycles. The molecule has 13 heavy (non-hydrogen) atoms. The van der Waals surface area contributed by atoms with Crippen molar-refractivity contribution in [1.82, 2.24) is 0 Å². The van der Waals surface area contributed by atoms with Crippen molar-refractivity contribution in [3.05, 3.63) is 35.1 Å². The summed E-state index contributed by atoms with van der Waals surface area (Å²) >= 11 is 0. The van der Waals surface area contributed by atoms with Gasteiger partial charge in [-0.15, -0.1) is 0 Å². The van der Waals surface area contributed by atoms with Crippen LogP contribution in [0.5, 0.6) is 0 Å². The zero-order valence-electron chi connectivity index (χ0n) is 8.10. The van der Waals surface area contributed by atoms with E-state index in [0.29, 0.717) is 11.1 Å². The van der Waals surface area contributed by atoms with Crippen molar-refractivity contribution in [3.63, 3.8) is 0 Å². The Morgan fingerprint density at radius 3 is 2.46 bits per heavy atom. The first kappa shape index (κ1) is 9.90. The summed E-state index contributed by atoms with van der Waals surface area (Å²) in [6.07, 6.45) is 0. The molecule has 2 heteroatoms. The first-order chi connectivity index (χ1) is 6.02. The molecule has 1 nitrogen and oxygen atoms in total. The summed E-state index contributed by atoms with van der Waals surface area (Å²) < 4.78 is 12.9. The minimum atomic E-state index is -0.264. The van der Waals surface area contributed by atoms with Crippen molar-refractivity contribution < 1.29 is 9.18 Å². The molecule has 0 atom stereocenters. The minimum absolute atomic E-state index is 0.0372. The molecule has 0 aliphatic carbocycles. The second kappa shape index (κ2) is 3.69. The highest BCUT2D eigenvalue weighted by Crippen LogP contribution is 2.13. The molecule has 0 aliphatic rings. The first-order valence-electron chi connectivity index (χ1n) is 4.32. The molecule has 0 aromatic heterocycles. The second-order valence-electron chi connectivity index (χ2n) is 3.48. The number of hydrogen-bond donors (Lipinski definition) is 0. The third-order valence-corrected chi connectivity index (χ3v) is 1.97. The zero-order valence-corrected chi connectivity index (χ0v) is 8.10. The van der Waals surface area contributed by atoms with Gasteiger partial charge in [0.05, 0.1) is 0 Å². The van der Waals surface area contributed by atoms with Crippen molar-refractivity contribution in [2.24, 2.45) is 5.92 Å². The van der Waals surface area contributed by atoms with E-state index < -0.39 is 0 Å². The predicted octanol–water partition coefficient (Wildman–Crippen LogP) is 2.97. The van der Waals surface area contributed by atoms with Crippen LogP contribution in [0.25, 0.3) is 0 Å². The Kier molecular flexibility index (Phi) is 2.81. The number of hydrogen-bond acceptors (Lipinski definition) is 1. The van der Waals surface area contributed by atoms with E-state index in [9.17, 15) is 9.18 Å². The topological polar surface area (TPSA) is 17.1 Å². The third-order valence-electron chi connectivity index (χ3n) is 1.97. The molecule has 0 radical (unpaired) electrons. The summed E-state index contributed by atoms with van der Waals surface area (Å²) in [5.41, 5.74) is 1.11. The molecule has 1 aromatic carbocycles. The number of aryl methyl sites for hydroxylation is 1. The number of carbonyl (C=O) groups excluding carboxylic acids is 1. The second-order valence-corrected chi connectivity index (χ2v) is 3.48. The SMILES string of the molecule is Cc1cc(C(=O)C(C)C)ccc1F. The maximum absolute atomic E-state index is 12.9. The van der Waals surface area contributed by atoms with Gasteiger partial charge >= 0.3 is 0 Å². The van der Waals surface area contributed by atoms with Gasteiger partial charge in [0, 0.05) is 11.5 Å². The Morgan fingerprint density at radius 1 is 1.38 bits per heavy atom. The van der Waals surface area contributed by atoms with Crippen LogP contribution in [0.4, 0.5) is 4.39 Å². The van der Waals surface area contributed by atoms with Crippen LogP contribution in [0, 0.1) is 18.7 Å². The molecule has 1 aromatic rings. The van der Waals surface area contributed by atoms with E-state index in [1.807, 2.05) is 13.8 Å². The largest absolute Gasteiger partial charge is 0.294 e. The predicted molar refractivity (Wildman–Crippen MR) is 50.3 cm³/mol. The fourth-order valence-electron chi connectivity index (χ4n) is 1.13. The Labute approximate surface area is 77.6 Å². The average molecular weight is 180 g/mol. The molecule has 0 heterocycles. The van der Waals surface area contributed by atoms with Crippen LogP contribution in [-0.2, 0) is 0 Å². The molecule has 1 rings (SSSR count). The van der Waals surface area contributed by atoms with Crippen LogP contribution in [0.15, 0.2) is 18.2 Å². The monoisotopic (exact) mass is 180 g/mol. The normalized spacial score (nSPS) is 10.5. The first-order valence-corrected chi connectivity index (χ1v) is 4.32. The lowest BCUT2D eigenvalue weighted by Crippen LogP contribution is -2.07. The van der Waals surface area contributed by atoms with Crippen LogP contribution < -0.4 is 0 Å². The number of rotatable bonds is 2. The summed E-state index contributed by atoms with van der Waals surface area (Å²) in [7, 11) is 0. The van der Waals surface area contributed by atoms with Gasteiger partial charge < -0.3 is 0 Å². The number of halogens is 1. The molecule has 0 bridgehead atoms. The van der Waals surface area contributed by atoms with E-state index in [0.717, 1.165) is 0 Å². The fraction of sp³-hybridized carbons (Fsp3) is 0.364. The van der Waals surface area contributed by atoms with Crippen LogP contribution in [-0.4, -0.2) is 5.78 Å². The Balaban J connectivity index is 3.04. The van der Waals surface area contributed by atoms with E-state index in [1.54, 1.807) is 13.0 Å². The summed E-state index contributed by atoms with van der Waals surface area (Å²) in [6.45, 7) is 5.33. The van der Waals surface area contributed by atoms with Gasteiger partial charge in [0.15, 0.2) is 5.78 Å². The molecule has 0 saturated carbocycles. The van der Waals surface area contributed by atoms with Crippen molar-refractivity contribution in [3.8, 4) is 0 Å². The van der Waals surface area contributed by atoms with Crippen molar-refractivity contribution >= 4 is 5.78 Å². The van der Waals surface area contributed by atoms with E-state index in [2.05, 4.69) is 0 Å². The molecule has 0 amide bonds. The Bertz CT molecular complexity index is 329. The van der Waals surface area contributed by atoms with Gasteiger partial charge in [0.25, 0.3) is 0 Å².